The largest absolute Gasteiger partial charge is 0.493 e. The van der Waals surface area contributed by atoms with Crippen LogP contribution in [0.3, 0.4) is 0 Å². The van der Waals surface area contributed by atoms with Crippen molar-refractivity contribution >= 4 is 5.69 Å². The molecular weight excluding hydrogens is 200 g/mol. The third-order valence-electron chi connectivity index (χ3n) is 3.48. The zero-order chi connectivity index (χ0) is 11.0. The van der Waals surface area contributed by atoms with Crippen LogP contribution in [-0.4, -0.2) is 26.2 Å². The smallest absolute Gasteiger partial charge is 0.119 e. The summed E-state index contributed by atoms with van der Waals surface area (Å²) in [6, 6.07) is 6.36. The summed E-state index contributed by atoms with van der Waals surface area (Å²) in [6.07, 6.45) is 1.12. The number of hydrogen-bond donors (Lipinski definition) is 2. The maximum atomic E-state index is 5.87. The molecule has 3 heteroatoms. The molecule has 86 valence electrons. The van der Waals surface area contributed by atoms with E-state index in [9.17, 15) is 0 Å². The fourth-order valence-corrected chi connectivity index (χ4v) is 2.28. The molecule has 0 unspecified atom stereocenters. The standard InChI is InChI=1S/C13H18N2O/c1-13(7-14-8-13)9-16-11-2-3-12-10(6-11)4-5-15-12/h2-3,6,14-15H,4-5,7-9H2,1H3. The van der Waals surface area contributed by atoms with Crippen molar-refractivity contribution in [3.05, 3.63) is 23.8 Å². The molecule has 0 saturated carbocycles. The van der Waals surface area contributed by atoms with Crippen LogP contribution in [0.25, 0.3) is 0 Å². The molecule has 3 nitrogen and oxygen atoms in total. The van der Waals surface area contributed by atoms with Gasteiger partial charge < -0.3 is 15.4 Å². The minimum Gasteiger partial charge on any atom is -0.493 e. The van der Waals surface area contributed by atoms with Crippen LogP contribution in [0, 0.1) is 5.41 Å². The minimum absolute atomic E-state index is 0.331. The van der Waals surface area contributed by atoms with Gasteiger partial charge in [0.2, 0.25) is 0 Å². The number of nitrogens with one attached hydrogen (secondary N) is 2. The van der Waals surface area contributed by atoms with Crippen LogP contribution < -0.4 is 15.4 Å². The summed E-state index contributed by atoms with van der Waals surface area (Å²) in [7, 11) is 0. The highest BCUT2D eigenvalue weighted by molar-refractivity contribution is 5.57. The number of ether oxygens (including phenoxy) is 1. The van der Waals surface area contributed by atoms with Crippen LogP contribution in [0.15, 0.2) is 18.2 Å². The quantitative estimate of drug-likeness (QED) is 0.809. The lowest BCUT2D eigenvalue weighted by molar-refractivity contribution is 0.102. The highest BCUT2D eigenvalue weighted by Crippen LogP contribution is 2.28. The van der Waals surface area contributed by atoms with Crippen LogP contribution >= 0.6 is 0 Å². The number of rotatable bonds is 3. The molecule has 1 aromatic carbocycles. The lowest BCUT2D eigenvalue weighted by atomic mass is 9.85. The Bertz CT molecular complexity index is 399. The van der Waals surface area contributed by atoms with Gasteiger partial charge in [-0.3, -0.25) is 0 Å². The summed E-state index contributed by atoms with van der Waals surface area (Å²) in [5, 5.41) is 6.65. The highest BCUT2D eigenvalue weighted by atomic mass is 16.5. The molecule has 0 atom stereocenters. The second kappa shape index (κ2) is 3.67. The van der Waals surface area contributed by atoms with Gasteiger partial charge in [-0.2, -0.15) is 0 Å². The van der Waals surface area contributed by atoms with E-state index >= 15 is 0 Å². The van der Waals surface area contributed by atoms with Crippen LogP contribution in [-0.2, 0) is 6.42 Å². The average molecular weight is 218 g/mol. The van der Waals surface area contributed by atoms with Crippen molar-refractivity contribution in [2.24, 2.45) is 5.41 Å². The summed E-state index contributed by atoms with van der Waals surface area (Å²) in [5.74, 6) is 1.01. The summed E-state index contributed by atoms with van der Waals surface area (Å²) in [4.78, 5) is 0. The SMILES string of the molecule is CC1(COc2ccc3c(c2)CCN3)CNC1. The summed E-state index contributed by atoms with van der Waals surface area (Å²) in [5.41, 5.74) is 2.98. The number of benzene rings is 1. The first-order valence-electron chi connectivity index (χ1n) is 5.96. The zero-order valence-electron chi connectivity index (χ0n) is 9.68. The van der Waals surface area contributed by atoms with Gasteiger partial charge in [-0.15, -0.1) is 0 Å². The van der Waals surface area contributed by atoms with Crippen LogP contribution in [0.4, 0.5) is 5.69 Å². The Morgan fingerprint density at radius 1 is 1.38 bits per heavy atom. The maximum absolute atomic E-state index is 5.87. The molecule has 2 aliphatic heterocycles. The molecule has 0 radical (unpaired) electrons. The molecular formula is C13H18N2O. The van der Waals surface area contributed by atoms with Gasteiger partial charge in [0.05, 0.1) is 6.61 Å². The Labute approximate surface area is 96.2 Å². The minimum atomic E-state index is 0.331. The fraction of sp³-hybridized carbons (Fsp3) is 0.538. The van der Waals surface area contributed by atoms with Gasteiger partial charge in [0, 0.05) is 30.7 Å². The zero-order valence-corrected chi connectivity index (χ0v) is 9.68. The molecule has 2 aliphatic rings. The third-order valence-corrected chi connectivity index (χ3v) is 3.48. The first kappa shape index (κ1) is 9.97. The van der Waals surface area contributed by atoms with Crippen molar-refractivity contribution in [2.75, 3.05) is 31.6 Å². The topological polar surface area (TPSA) is 33.3 Å². The monoisotopic (exact) mass is 218 g/mol. The summed E-state index contributed by atoms with van der Waals surface area (Å²) in [6.45, 7) is 6.27. The first-order chi connectivity index (χ1) is 7.75. The predicted octanol–water partition coefficient (Wildman–Crippen LogP) is 1.64. The number of anilines is 1. The van der Waals surface area contributed by atoms with Gasteiger partial charge in [0.1, 0.15) is 5.75 Å². The molecule has 3 rings (SSSR count). The number of fused-ring (bicyclic) bond motifs is 1. The van der Waals surface area contributed by atoms with E-state index in [0.717, 1.165) is 38.4 Å². The average Bonchev–Trinajstić information content (AvgIpc) is 2.70. The molecule has 0 bridgehead atoms. The Morgan fingerprint density at radius 3 is 3.00 bits per heavy atom. The molecule has 1 saturated heterocycles. The Morgan fingerprint density at radius 2 is 2.25 bits per heavy atom. The van der Waals surface area contributed by atoms with Crippen LogP contribution in [0.1, 0.15) is 12.5 Å². The molecule has 0 aromatic heterocycles. The van der Waals surface area contributed by atoms with Crippen LogP contribution in [0.5, 0.6) is 5.75 Å². The number of hydrogen-bond acceptors (Lipinski definition) is 3. The Hall–Kier alpha value is -1.22. The molecule has 0 aliphatic carbocycles. The molecule has 2 N–H and O–H groups in total. The van der Waals surface area contributed by atoms with Gasteiger partial charge in [-0.25, -0.2) is 0 Å². The second-order valence-electron chi connectivity index (χ2n) is 5.20. The maximum Gasteiger partial charge on any atom is 0.119 e. The highest BCUT2D eigenvalue weighted by Gasteiger charge is 2.32. The van der Waals surface area contributed by atoms with E-state index in [0.29, 0.717) is 5.41 Å². The fourth-order valence-electron chi connectivity index (χ4n) is 2.28. The Balaban J connectivity index is 1.66. The molecule has 16 heavy (non-hydrogen) atoms. The van der Waals surface area contributed by atoms with E-state index in [1.165, 1.54) is 11.3 Å². The molecule has 2 heterocycles. The lowest BCUT2D eigenvalue weighted by Gasteiger charge is -2.38. The van der Waals surface area contributed by atoms with E-state index in [2.05, 4.69) is 35.8 Å². The lowest BCUT2D eigenvalue weighted by Crippen LogP contribution is -2.54. The van der Waals surface area contributed by atoms with Crippen molar-refractivity contribution in [1.82, 2.24) is 5.32 Å². The third kappa shape index (κ3) is 1.76. The van der Waals surface area contributed by atoms with Crippen molar-refractivity contribution < 1.29 is 4.74 Å². The van der Waals surface area contributed by atoms with Gasteiger partial charge in [-0.05, 0) is 30.2 Å². The van der Waals surface area contributed by atoms with Gasteiger partial charge >= 0.3 is 0 Å². The van der Waals surface area contributed by atoms with E-state index in [1.54, 1.807) is 0 Å². The molecule has 0 spiro atoms. The molecule has 1 aromatic rings. The van der Waals surface area contributed by atoms with Gasteiger partial charge in [0.25, 0.3) is 0 Å². The predicted molar refractivity (Wildman–Crippen MR) is 65.1 cm³/mol. The summed E-state index contributed by atoms with van der Waals surface area (Å²) >= 11 is 0. The van der Waals surface area contributed by atoms with E-state index < -0.39 is 0 Å². The normalized spacial score (nSPS) is 20.8. The van der Waals surface area contributed by atoms with Crippen molar-refractivity contribution in [3.63, 3.8) is 0 Å². The molecule has 1 fully saturated rings. The van der Waals surface area contributed by atoms with Crippen molar-refractivity contribution in [2.45, 2.75) is 13.3 Å². The van der Waals surface area contributed by atoms with Crippen molar-refractivity contribution in [3.8, 4) is 5.75 Å². The van der Waals surface area contributed by atoms with E-state index in [1.807, 2.05) is 0 Å². The van der Waals surface area contributed by atoms with E-state index in [4.69, 9.17) is 4.74 Å². The Kier molecular flexibility index (Phi) is 2.28. The summed E-state index contributed by atoms with van der Waals surface area (Å²) < 4.78 is 5.87. The van der Waals surface area contributed by atoms with Gasteiger partial charge in [0.15, 0.2) is 0 Å². The van der Waals surface area contributed by atoms with E-state index in [-0.39, 0.29) is 0 Å². The van der Waals surface area contributed by atoms with Gasteiger partial charge in [-0.1, -0.05) is 6.92 Å². The first-order valence-corrected chi connectivity index (χ1v) is 5.96. The van der Waals surface area contributed by atoms with Crippen molar-refractivity contribution in [1.29, 1.82) is 0 Å². The second-order valence-corrected chi connectivity index (χ2v) is 5.20. The molecule has 0 amide bonds. The van der Waals surface area contributed by atoms with Crippen LogP contribution in [0.2, 0.25) is 0 Å².